The molecule has 0 aliphatic carbocycles. The first-order valence-electron chi connectivity index (χ1n) is 7.86. The van der Waals surface area contributed by atoms with E-state index in [1.807, 2.05) is 48.0 Å². The van der Waals surface area contributed by atoms with Gasteiger partial charge in [-0.05, 0) is 36.6 Å². The summed E-state index contributed by atoms with van der Waals surface area (Å²) in [5.41, 5.74) is 4.50. The Hall–Kier alpha value is -2.62. The summed E-state index contributed by atoms with van der Waals surface area (Å²) in [5.74, 6) is 0.927. The highest BCUT2D eigenvalue weighted by molar-refractivity contribution is 5.77. The molecule has 0 saturated carbocycles. The van der Waals surface area contributed by atoms with Crippen molar-refractivity contribution in [2.75, 3.05) is 0 Å². The van der Waals surface area contributed by atoms with Crippen LogP contribution in [0.4, 0.5) is 0 Å². The fourth-order valence-corrected chi connectivity index (χ4v) is 2.76. The number of nitrogens with zero attached hydrogens (tertiary/aromatic N) is 2. The molecule has 0 spiro atoms. The number of fused-ring (bicyclic) bond motifs is 1. The minimum atomic E-state index is 0.0558. The van der Waals surface area contributed by atoms with Gasteiger partial charge in [0, 0.05) is 13.5 Å². The van der Waals surface area contributed by atoms with Gasteiger partial charge in [-0.1, -0.05) is 36.4 Å². The van der Waals surface area contributed by atoms with Crippen LogP contribution in [0, 0.1) is 6.92 Å². The van der Waals surface area contributed by atoms with E-state index in [1.165, 1.54) is 11.1 Å². The van der Waals surface area contributed by atoms with Crippen LogP contribution in [0.25, 0.3) is 11.0 Å². The molecule has 0 unspecified atom stereocenters. The smallest absolute Gasteiger partial charge is 0.220 e. The second-order valence-corrected chi connectivity index (χ2v) is 5.78. The number of benzene rings is 2. The van der Waals surface area contributed by atoms with Crippen LogP contribution in [-0.4, -0.2) is 15.5 Å². The van der Waals surface area contributed by atoms with Crippen LogP contribution in [0.15, 0.2) is 48.5 Å². The topological polar surface area (TPSA) is 46.9 Å². The standard InChI is InChI=1S/C19H21N3O/c1-14-7-3-4-8-15(14)11-12-19(23)20-13-18-21-16-9-5-6-10-17(16)22(18)2/h3-10H,11-13H2,1-2H3,(H,20,23). The number of nitrogens with one attached hydrogen (secondary N) is 1. The van der Waals surface area contributed by atoms with E-state index in [0.717, 1.165) is 23.3 Å². The molecule has 0 saturated heterocycles. The zero-order valence-corrected chi connectivity index (χ0v) is 13.5. The monoisotopic (exact) mass is 307 g/mol. The lowest BCUT2D eigenvalue weighted by Crippen LogP contribution is -2.24. The Balaban J connectivity index is 1.58. The van der Waals surface area contributed by atoms with E-state index in [4.69, 9.17) is 0 Å². The van der Waals surface area contributed by atoms with E-state index >= 15 is 0 Å². The van der Waals surface area contributed by atoms with Crippen molar-refractivity contribution in [1.82, 2.24) is 14.9 Å². The zero-order valence-electron chi connectivity index (χ0n) is 13.5. The lowest BCUT2D eigenvalue weighted by Gasteiger charge is -2.07. The third-order valence-electron chi connectivity index (χ3n) is 4.21. The molecule has 0 atom stereocenters. The van der Waals surface area contributed by atoms with E-state index in [-0.39, 0.29) is 5.91 Å². The second-order valence-electron chi connectivity index (χ2n) is 5.78. The first-order chi connectivity index (χ1) is 11.1. The second kappa shape index (κ2) is 6.65. The van der Waals surface area contributed by atoms with E-state index in [9.17, 15) is 4.79 Å². The number of hydrogen-bond donors (Lipinski definition) is 1. The van der Waals surface area contributed by atoms with Gasteiger partial charge in [0.15, 0.2) is 0 Å². The van der Waals surface area contributed by atoms with Crippen molar-refractivity contribution in [1.29, 1.82) is 0 Å². The third-order valence-corrected chi connectivity index (χ3v) is 4.21. The predicted octanol–water partition coefficient (Wildman–Crippen LogP) is 3.13. The molecule has 0 aliphatic heterocycles. The first kappa shape index (κ1) is 15.3. The van der Waals surface area contributed by atoms with Gasteiger partial charge in [-0.15, -0.1) is 0 Å². The quantitative estimate of drug-likeness (QED) is 0.787. The van der Waals surface area contributed by atoms with Gasteiger partial charge in [-0.2, -0.15) is 0 Å². The number of amides is 1. The van der Waals surface area contributed by atoms with E-state index < -0.39 is 0 Å². The Morgan fingerprint density at radius 3 is 2.65 bits per heavy atom. The molecule has 1 N–H and O–H groups in total. The molecule has 0 aliphatic rings. The van der Waals surface area contributed by atoms with Crippen molar-refractivity contribution in [3.63, 3.8) is 0 Å². The number of aryl methyl sites for hydroxylation is 3. The highest BCUT2D eigenvalue weighted by Gasteiger charge is 2.09. The van der Waals surface area contributed by atoms with Crippen molar-refractivity contribution in [2.45, 2.75) is 26.3 Å². The molecule has 118 valence electrons. The molecule has 4 nitrogen and oxygen atoms in total. The Kier molecular flexibility index (Phi) is 4.42. The summed E-state index contributed by atoms with van der Waals surface area (Å²) < 4.78 is 2.02. The molecule has 23 heavy (non-hydrogen) atoms. The number of para-hydroxylation sites is 2. The molecular weight excluding hydrogens is 286 g/mol. The molecule has 3 aromatic rings. The SMILES string of the molecule is Cc1ccccc1CCC(=O)NCc1nc2ccccc2n1C. The Bertz CT molecular complexity index is 836. The zero-order chi connectivity index (χ0) is 16.2. The summed E-state index contributed by atoms with van der Waals surface area (Å²) in [5, 5.41) is 2.97. The lowest BCUT2D eigenvalue weighted by molar-refractivity contribution is -0.121. The van der Waals surface area contributed by atoms with Crippen LogP contribution < -0.4 is 5.32 Å². The molecule has 0 radical (unpaired) electrons. The summed E-state index contributed by atoms with van der Waals surface area (Å²) >= 11 is 0. The number of carbonyl (C=O) groups is 1. The molecule has 0 fully saturated rings. The largest absolute Gasteiger partial charge is 0.349 e. The van der Waals surface area contributed by atoms with E-state index in [1.54, 1.807) is 0 Å². The van der Waals surface area contributed by atoms with Crippen LogP contribution >= 0.6 is 0 Å². The number of rotatable bonds is 5. The maximum absolute atomic E-state index is 12.1. The number of carbonyl (C=O) groups excluding carboxylic acids is 1. The van der Waals surface area contributed by atoms with Gasteiger partial charge in [0.05, 0.1) is 17.6 Å². The van der Waals surface area contributed by atoms with Gasteiger partial charge < -0.3 is 9.88 Å². The van der Waals surface area contributed by atoms with Crippen LogP contribution in [0.3, 0.4) is 0 Å². The molecule has 0 bridgehead atoms. The highest BCUT2D eigenvalue weighted by Crippen LogP contribution is 2.14. The summed E-state index contributed by atoms with van der Waals surface area (Å²) in [6.45, 7) is 2.53. The Labute approximate surface area is 136 Å². The van der Waals surface area contributed by atoms with Crippen LogP contribution in [-0.2, 0) is 24.8 Å². The number of aromatic nitrogens is 2. The van der Waals surface area contributed by atoms with Gasteiger partial charge >= 0.3 is 0 Å². The van der Waals surface area contributed by atoms with Crippen molar-refractivity contribution >= 4 is 16.9 Å². The third kappa shape index (κ3) is 3.42. The fourth-order valence-electron chi connectivity index (χ4n) is 2.76. The summed E-state index contributed by atoms with van der Waals surface area (Å²) in [4.78, 5) is 16.6. The Morgan fingerprint density at radius 2 is 1.87 bits per heavy atom. The van der Waals surface area contributed by atoms with Crippen molar-refractivity contribution in [3.8, 4) is 0 Å². The summed E-state index contributed by atoms with van der Waals surface area (Å²) in [6.07, 6.45) is 1.26. The van der Waals surface area contributed by atoms with Crippen molar-refractivity contribution in [2.24, 2.45) is 7.05 Å². The fraction of sp³-hybridized carbons (Fsp3) is 0.263. The number of imidazole rings is 1. The molecule has 1 amide bonds. The van der Waals surface area contributed by atoms with Gasteiger partial charge in [0.1, 0.15) is 5.82 Å². The van der Waals surface area contributed by atoms with E-state index in [2.05, 4.69) is 29.4 Å². The van der Waals surface area contributed by atoms with Gasteiger partial charge in [0.25, 0.3) is 0 Å². The van der Waals surface area contributed by atoms with Crippen molar-refractivity contribution in [3.05, 3.63) is 65.5 Å². The Morgan fingerprint density at radius 1 is 1.13 bits per heavy atom. The van der Waals surface area contributed by atoms with Gasteiger partial charge in [-0.3, -0.25) is 4.79 Å². The molecule has 2 aromatic carbocycles. The predicted molar refractivity (Wildman–Crippen MR) is 92.1 cm³/mol. The number of hydrogen-bond acceptors (Lipinski definition) is 2. The molecule has 1 heterocycles. The van der Waals surface area contributed by atoms with Crippen LogP contribution in [0.2, 0.25) is 0 Å². The summed E-state index contributed by atoms with van der Waals surface area (Å²) in [7, 11) is 1.98. The maximum atomic E-state index is 12.1. The normalized spacial score (nSPS) is 10.9. The van der Waals surface area contributed by atoms with Gasteiger partial charge in [0.2, 0.25) is 5.91 Å². The molecule has 4 heteroatoms. The minimum Gasteiger partial charge on any atom is -0.349 e. The van der Waals surface area contributed by atoms with Crippen LogP contribution in [0.1, 0.15) is 23.4 Å². The molecular formula is C19H21N3O. The highest BCUT2D eigenvalue weighted by atomic mass is 16.1. The summed E-state index contributed by atoms with van der Waals surface area (Å²) in [6, 6.07) is 16.2. The molecule has 3 rings (SSSR count). The van der Waals surface area contributed by atoms with E-state index in [0.29, 0.717) is 13.0 Å². The lowest BCUT2D eigenvalue weighted by atomic mass is 10.0. The maximum Gasteiger partial charge on any atom is 0.220 e. The average Bonchev–Trinajstić information content (AvgIpc) is 2.89. The molecule has 1 aromatic heterocycles. The minimum absolute atomic E-state index is 0.0558. The van der Waals surface area contributed by atoms with Crippen LogP contribution in [0.5, 0.6) is 0 Å². The first-order valence-corrected chi connectivity index (χ1v) is 7.86. The van der Waals surface area contributed by atoms with Gasteiger partial charge in [-0.25, -0.2) is 4.98 Å². The van der Waals surface area contributed by atoms with Crippen molar-refractivity contribution < 1.29 is 4.79 Å². The average molecular weight is 307 g/mol.